The molecule has 0 aliphatic carbocycles. The maximum Gasteiger partial charge on any atom is 0.180 e. The molecule has 0 aliphatic rings. The summed E-state index contributed by atoms with van der Waals surface area (Å²) in [7, 11) is 0. The van der Waals surface area contributed by atoms with Gasteiger partial charge in [-0.05, 0) is 30.7 Å². The molecule has 1 aromatic carbocycles. The summed E-state index contributed by atoms with van der Waals surface area (Å²) < 4.78 is 13.3. The van der Waals surface area contributed by atoms with Gasteiger partial charge in [-0.25, -0.2) is 9.37 Å². The van der Waals surface area contributed by atoms with Crippen LogP contribution in [0.5, 0.6) is 0 Å². The van der Waals surface area contributed by atoms with Gasteiger partial charge in [0, 0.05) is 15.8 Å². The van der Waals surface area contributed by atoms with Crippen LogP contribution >= 0.6 is 22.9 Å². The average Bonchev–Trinajstić information content (AvgIpc) is 2.55. The molecule has 0 bridgehead atoms. The molecule has 0 saturated carbocycles. The highest BCUT2D eigenvalue weighted by atomic mass is 35.5. The van der Waals surface area contributed by atoms with Crippen molar-refractivity contribution in [2.24, 2.45) is 0 Å². The van der Waals surface area contributed by atoms with Crippen molar-refractivity contribution in [2.45, 2.75) is 19.8 Å². The number of aryl methyl sites for hydroxylation is 1. The van der Waals surface area contributed by atoms with Gasteiger partial charge in [-0.3, -0.25) is 0 Å². The molecule has 1 aromatic heterocycles. The van der Waals surface area contributed by atoms with Crippen LogP contribution in [0.25, 0.3) is 0 Å². The van der Waals surface area contributed by atoms with E-state index in [4.69, 9.17) is 17.3 Å². The Labute approximate surface area is 108 Å². The zero-order chi connectivity index (χ0) is 12.6. The van der Waals surface area contributed by atoms with E-state index in [9.17, 15) is 4.39 Å². The molecule has 1 atom stereocenters. The van der Waals surface area contributed by atoms with Crippen molar-refractivity contribution < 1.29 is 4.39 Å². The van der Waals surface area contributed by atoms with Crippen LogP contribution in [-0.2, 0) is 0 Å². The molecular weight excluding hydrogens is 259 g/mol. The highest BCUT2D eigenvalue weighted by Gasteiger charge is 2.16. The smallest absolute Gasteiger partial charge is 0.180 e. The van der Waals surface area contributed by atoms with Gasteiger partial charge in [0.05, 0.1) is 5.69 Å². The van der Waals surface area contributed by atoms with E-state index in [0.29, 0.717) is 10.2 Å². The van der Waals surface area contributed by atoms with Gasteiger partial charge >= 0.3 is 0 Å². The molecule has 0 amide bonds. The molecule has 0 fully saturated rings. The lowest BCUT2D eigenvalue weighted by Gasteiger charge is -2.11. The molecule has 1 unspecified atom stereocenters. The molecule has 0 saturated heterocycles. The number of anilines is 1. The van der Waals surface area contributed by atoms with Crippen LogP contribution in [0, 0.1) is 12.7 Å². The van der Waals surface area contributed by atoms with Crippen molar-refractivity contribution in [2.75, 3.05) is 5.73 Å². The summed E-state index contributed by atoms with van der Waals surface area (Å²) in [6, 6.07) is 4.56. The average molecular weight is 271 g/mol. The zero-order valence-electron chi connectivity index (χ0n) is 9.50. The Bertz CT molecular complexity index is 533. The van der Waals surface area contributed by atoms with Gasteiger partial charge in [0.25, 0.3) is 0 Å². The normalized spacial score (nSPS) is 12.7. The molecule has 17 heavy (non-hydrogen) atoms. The molecule has 0 spiro atoms. The van der Waals surface area contributed by atoms with E-state index in [2.05, 4.69) is 4.98 Å². The minimum Gasteiger partial charge on any atom is -0.375 e. The Morgan fingerprint density at radius 3 is 2.65 bits per heavy atom. The fourth-order valence-corrected chi connectivity index (χ4v) is 2.95. The van der Waals surface area contributed by atoms with Gasteiger partial charge in [-0.1, -0.05) is 18.5 Å². The first-order valence-corrected chi connectivity index (χ1v) is 6.35. The minimum absolute atomic E-state index is 0.0398. The molecule has 0 radical (unpaired) electrons. The van der Waals surface area contributed by atoms with E-state index >= 15 is 0 Å². The third kappa shape index (κ3) is 2.58. The van der Waals surface area contributed by atoms with Crippen LogP contribution in [0.3, 0.4) is 0 Å². The number of benzene rings is 1. The number of nitrogens with zero attached hydrogens (tertiary/aromatic N) is 1. The number of rotatable bonds is 2. The number of hydrogen-bond donors (Lipinski definition) is 1. The lowest BCUT2D eigenvalue weighted by molar-refractivity contribution is 0.624. The van der Waals surface area contributed by atoms with Gasteiger partial charge in [0.2, 0.25) is 0 Å². The van der Waals surface area contributed by atoms with E-state index in [-0.39, 0.29) is 11.7 Å². The van der Waals surface area contributed by atoms with Crippen LogP contribution in [-0.4, -0.2) is 4.98 Å². The molecule has 0 aliphatic heterocycles. The third-order valence-corrected chi connectivity index (χ3v) is 4.01. The second kappa shape index (κ2) is 4.63. The maximum absolute atomic E-state index is 13.3. The predicted octanol–water partition coefficient (Wildman–Crippen LogP) is 3.98. The van der Waals surface area contributed by atoms with Gasteiger partial charge in [-0.2, -0.15) is 0 Å². The quantitative estimate of drug-likeness (QED) is 0.896. The molecule has 2 rings (SSSR count). The Morgan fingerprint density at radius 1 is 1.41 bits per heavy atom. The van der Waals surface area contributed by atoms with Gasteiger partial charge in [0.1, 0.15) is 5.82 Å². The molecular formula is C12H12ClFN2S. The first kappa shape index (κ1) is 12.3. The first-order chi connectivity index (χ1) is 7.97. The summed E-state index contributed by atoms with van der Waals surface area (Å²) in [5.41, 5.74) is 7.39. The Morgan fingerprint density at radius 2 is 2.12 bits per heavy atom. The first-order valence-electron chi connectivity index (χ1n) is 5.16. The highest BCUT2D eigenvalue weighted by molar-refractivity contribution is 7.15. The van der Waals surface area contributed by atoms with Crippen molar-refractivity contribution in [1.29, 1.82) is 0 Å². The van der Waals surface area contributed by atoms with Crippen LogP contribution in [0.15, 0.2) is 18.2 Å². The predicted molar refractivity (Wildman–Crippen MR) is 70.2 cm³/mol. The Kier molecular flexibility index (Phi) is 3.35. The van der Waals surface area contributed by atoms with Crippen molar-refractivity contribution >= 4 is 28.1 Å². The van der Waals surface area contributed by atoms with E-state index < -0.39 is 0 Å². The van der Waals surface area contributed by atoms with E-state index in [1.165, 1.54) is 23.5 Å². The fraction of sp³-hybridized carbons (Fsp3) is 0.250. The van der Waals surface area contributed by atoms with E-state index in [1.807, 2.05) is 13.8 Å². The molecule has 1 heterocycles. The van der Waals surface area contributed by atoms with Crippen molar-refractivity contribution in [1.82, 2.24) is 4.98 Å². The van der Waals surface area contributed by atoms with Crippen LogP contribution < -0.4 is 5.73 Å². The summed E-state index contributed by atoms with van der Waals surface area (Å²) in [6.07, 6.45) is 0. The lowest BCUT2D eigenvalue weighted by Crippen LogP contribution is -1.96. The Balaban J connectivity index is 2.43. The Hall–Kier alpha value is -1.13. The van der Waals surface area contributed by atoms with Crippen molar-refractivity contribution in [3.8, 4) is 0 Å². The number of hydrogen-bond acceptors (Lipinski definition) is 3. The molecule has 2 aromatic rings. The zero-order valence-corrected chi connectivity index (χ0v) is 11.1. The maximum atomic E-state index is 13.3. The number of aromatic nitrogens is 1. The highest BCUT2D eigenvalue weighted by Crippen LogP contribution is 2.33. The van der Waals surface area contributed by atoms with Gasteiger partial charge in [0.15, 0.2) is 5.13 Å². The van der Waals surface area contributed by atoms with Gasteiger partial charge in [-0.15, -0.1) is 11.3 Å². The monoisotopic (exact) mass is 270 g/mol. The largest absolute Gasteiger partial charge is 0.375 e. The van der Waals surface area contributed by atoms with Crippen LogP contribution in [0.2, 0.25) is 5.02 Å². The van der Waals surface area contributed by atoms with Gasteiger partial charge < -0.3 is 5.73 Å². The van der Waals surface area contributed by atoms with Crippen LogP contribution in [0.1, 0.15) is 29.0 Å². The second-order valence-electron chi connectivity index (χ2n) is 3.93. The van der Waals surface area contributed by atoms with E-state index in [1.54, 1.807) is 6.07 Å². The number of nitrogen functional groups attached to an aromatic ring is 1. The van der Waals surface area contributed by atoms with Crippen molar-refractivity contribution in [3.05, 3.63) is 45.2 Å². The SMILES string of the molecule is Cc1nc(N)sc1C(C)c1cc(F)cc(Cl)c1. The second-order valence-corrected chi connectivity index (χ2v) is 5.42. The number of thiazole rings is 1. The summed E-state index contributed by atoms with van der Waals surface area (Å²) in [6.45, 7) is 3.89. The van der Waals surface area contributed by atoms with Crippen molar-refractivity contribution in [3.63, 3.8) is 0 Å². The molecule has 90 valence electrons. The number of nitrogens with two attached hydrogens (primary N) is 1. The summed E-state index contributed by atoms with van der Waals surface area (Å²) in [4.78, 5) is 5.22. The summed E-state index contributed by atoms with van der Waals surface area (Å²) in [5, 5.41) is 0.939. The number of halogens is 2. The minimum atomic E-state index is -0.325. The lowest BCUT2D eigenvalue weighted by atomic mass is 9.98. The van der Waals surface area contributed by atoms with E-state index in [0.717, 1.165) is 16.1 Å². The molecule has 5 heteroatoms. The summed E-state index contributed by atoms with van der Waals surface area (Å²) in [5.74, 6) is -0.285. The molecule has 2 N–H and O–H groups in total. The standard InChI is InChI=1S/C12H12ClFN2S/c1-6(11-7(2)16-12(15)17-11)8-3-9(13)5-10(14)4-8/h3-6H,1-2H3,(H2,15,16). The fourth-order valence-electron chi connectivity index (χ4n) is 1.81. The molecule has 2 nitrogen and oxygen atoms in total. The third-order valence-electron chi connectivity index (χ3n) is 2.63. The summed E-state index contributed by atoms with van der Waals surface area (Å²) >= 11 is 7.28. The topological polar surface area (TPSA) is 38.9 Å². The van der Waals surface area contributed by atoms with Crippen LogP contribution in [0.4, 0.5) is 9.52 Å².